The van der Waals surface area contributed by atoms with E-state index in [-0.39, 0.29) is 16.5 Å². The van der Waals surface area contributed by atoms with E-state index in [0.29, 0.717) is 33.5 Å². The van der Waals surface area contributed by atoms with Gasteiger partial charge in [-0.25, -0.2) is 0 Å². The Hall–Kier alpha value is -4.01. The number of Topliss-reactive ketones (excluding diaryl/α,β-unsaturated/α-hetero) is 1. The summed E-state index contributed by atoms with van der Waals surface area (Å²) in [6.45, 7) is 4.18. The molecule has 1 saturated heterocycles. The highest BCUT2D eigenvalue weighted by atomic mass is 35.5. The summed E-state index contributed by atoms with van der Waals surface area (Å²) >= 11 is 7.27. The molecule has 1 N–H and O–H groups in total. The van der Waals surface area contributed by atoms with E-state index in [1.165, 1.54) is 16.2 Å². The molecule has 5 rings (SSSR count). The molecule has 37 heavy (non-hydrogen) atoms. The zero-order valence-corrected chi connectivity index (χ0v) is 21.6. The number of aromatic nitrogens is 2. The van der Waals surface area contributed by atoms with Crippen LogP contribution in [0, 0.1) is 13.8 Å². The van der Waals surface area contributed by atoms with Crippen molar-refractivity contribution in [2.75, 3.05) is 4.90 Å². The lowest BCUT2D eigenvalue weighted by Gasteiger charge is -2.22. The summed E-state index contributed by atoms with van der Waals surface area (Å²) in [6, 6.07) is 20.7. The van der Waals surface area contributed by atoms with Crippen LogP contribution in [0.15, 0.2) is 78.4 Å². The average Bonchev–Trinajstić information content (AvgIpc) is 3.43. The van der Waals surface area contributed by atoms with Crippen LogP contribution < -0.4 is 9.64 Å². The molecule has 0 aliphatic carbocycles. The van der Waals surface area contributed by atoms with Gasteiger partial charge >= 0.3 is 5.91 Å². The van der Waals surface area contributed by atoms with Crippen molar-refractivity contribution in [2.45, 2.75) is 26.5 Å². The Morgan fingerprint density at radius 2 is 1.76 bits per heavy atom. The first kappa shape index (κ1) is 24.7. The van der Waals surface area contributed by atoms with E-state index in [1.54, 1.807) is 55.5 Å². The lowest BCUT2D eigenvalue weighted by molar-refractivity contribution is -0.132. The van der Waals surface area contributed by atoms with Crippen molar-refractivity contribution >= 4 is 45.5 Å². The maximum atomic E-state index is 13.2. The third-order valence-corrected chi connectivity index (χ3v) is 7.06. The molecule has 0 radical (unpaired) electrons. The van der Waals surface area contributed by atoms with Crippen LogP contribution in [0.4, 0.5) is 5.13 Å². The minimum atomic E-state index is -0.887. The number of hydrogen-bond donors (Lipinski definition) is 1. The largest absolute Gasteiger partial charge is 0.507 e. The molecule has 1 amide bonds. The van der Waals surface area contributed by atoms with E-state index in [2.05, 4.69) is 16.3 Å². The van der Waals surface area contributed by atoms with E-state index in [1.807, 2.05) is 25.1 Å². The third-order valence-electron chi connectivity index (χ3n) is 5.97. The number of aliphatic hydroxyl groups excluding tert-OH is 1. The van der Waals surface area contributed by atoms with Gasteiger partial charge in [-0.2, -0.15) is 0 Å². The predicted molar refractivity (Wildman–Crippen MR) is 143 cm³/mol. The number of aliphatic hydroxyl groups is 1. The number of carbonyl (C=O) groups excluding carboxylic acids is 2. The van der Waals surface area contributed by atoms with E-state index >= 15 is 0 Å². The van der Waals surface area contributed by atoms with Crippen molar-refractivity contribution in [3.8, 4) is 5.75 Å². The molecule has 7 nitrogen and oxygen atoms in total. The van der Waals surface area contributed by atoms with Gasteiger partial charge in [-0.15, -0.1) is 10.2 Å². The van der Waals surface area contributed by atoms with Crippen LogP contribution in [0.2, 0.25) is 5.02 Å². The number of carbonyl (C=O) groups is 2. The molecule has 2 heterocycles. The Bertz CT molecular complexity index is 1510. The van der Waals surface area contributed by atoms with Crippen LogP contribution >= 0.6 is 22.9 Å². The number of benzene rings is 3. The highest BCUT2D eigenvalue weighted by Crippen LogP contribution is 2.43. The predicted octanol–water partition coefficient (Wildman–Crippen LogP) is 6.01. The van der Waals surface area contributed by atoms with Gasteiger partial charge in [0.1, 0.15) is 23.1 Å². The van der Waals surface area contributed by atoms with Gasteiger partial charge in [-0.05, 0) is 61.4 Å². The summed E-state index contributed by atoms with van der Waals surface area (Å²) in [6.07, 6.45) is 0. The molecule has 0 spiro atoms. The van der Waals surface area contributed by atoms with Crippen molar-refractivity contribution in [3.63, 3.8) is 0 Å². The number of amides is 1. The molecule has 186 valence electrons. The molecule has 0 bridgehead atoms. The van der Waals surface area contributed by atoms with Crippen molar-refractivity contribution in [1.82, 2.24) is 10.2 Å². The smallest absolute Gasteiger partial charge is 0.301 e. The number of hydrogen-bond acceptors (Lipinski definition) is 7. The fraction of sp³-hybridized carbons (Fsp3) is 0.143. The number of nitrogens with zero attached hydrogens (tertiary/aromatic N) is 3. The van der Waals surface area contributed by atoms with Crippen LogP contribution in [0.1, 0.15) is 33.3 Å². The van der Waals surface area contributed by atoms with Crippen LogP contribution in [0.25, 0.3) is 5.76 Å². The number of anilines is 1. The first-order valence-corrected chi connectivity index (χ1v) is 12.7. The molecule has 4 aromatic rings. The average molecular weight is 532 g/mol. The Balaban J connectivity index is 1.50. The minimum Gasteiger partial charge on any atom is -0.507 e. The lowest BCUT2D eigenvalue weighted by Crippen LogP contribution is -2.29. The molecule has 1 aromatic heterocycles. The second-order valence-electron chi connectivity index (χ2n) is 8.63. The molecule has 1 aliphatic rings. The number of rotatable bonds is 6. The van der Waals surface area contributed by atoms with Crippen LogP contribution in [-0.4, -0.2) is 27.0 Å². The van der Waals surface area contributed by atoms with Crippen LogP contribution in [-0.2, 0) is 16.2 Å². The normalized spacial score (nSPS) is 16.8. The summed E-state index contributed by atoms with van der Waals surface area (Å²) in [5.74, 6) is -1.26. The van der Waals surface area contributed by atoms with Crippen molar-refractivity contribution in [2.24, 2.45) is 0 Å². The molecule has 1 atom stereocenters. The Morgan fingerprint density at radius 3 is 2.41 bits per heavy atom. The molecule has 9 heteroatoms. The van der Waals surface area contributed by atoms with Gasteiger partial charge in [0.2, 0.25) is 5.13 Å². The minimum absolute atomic E-state index is 0.0337. The fourth-order valence-corrected chi connectivity index (χ4v) is 5.05. The SMILES string of the molecule is Cc1cccc(COc2ccc(C(O)=C3C(=O)C(=O)N(c4nnc(C)s4)[C@H]3c3ccc(Cl)cc3)cc2)c1. The zero-order chi connectivity index (χ0) is 26.1. The molecular weight excluding hydrogens is 510 g/mol. The maximum absolute atomic E-state index is 13.2. The summed E-state index contributed by atoms with van der Waals surface area (Å²) in [5, 5.41) is 20.8. The van der Waals surface area contributed by atoms with Gasteiger partial charge in [0.15, 0.2) is 0 Å². The summed E-state index contributed by atoms with van der Waals surface area (Å²) in [4.78, 5) is 27.6. The summed E-state index contributed by atoms with van der Waals surface area (Å²) in [5.41, 5.74) is 3.15. The first-order valence-electron chi connectivity index (χ1n) is 11.5. The monoisotopic (exact) mass is 531 g/mol. The molecule has 0 unspecified atom stereocenters. The van der Waals surface area contributed by atoms with Gasteiger partial charge in [-0.1, -0.05) is 64.9 Å². The second-order valence-corrected chi connectivity index (χ2v) is 10.2. The van der Waals surface area contributed by atoms with E-state index < -0.39 is 17.7 Å². The Kier molecular flexibility index (Phi) is 6.78. The van der Waals surface area contributed by atoms with Gasteiger partial charge in [0.25, 0.3) is 5.78 Å². The van der Waals surface area contributed by atoms with E-state index in [0.717, 1.165) is 11.1 Å². The van der Waals surface area contributed by atoms with Gasteiger partial charge < -0.3 is 9.84 Å². The van der Waals surface area contributed by atoms with Gasteiger partial charge in [0, 0.05) is 10.6 Å². The highest BCUT2D eigenvalue weighted by Gasteiger charge is 2.48. The lowest BCUT2D eigenvalue weighted by atomic mass is 9.95. The van der Waals surface area contributed by atoms with Crippen molar-refractivity contribution < 1.29 is 19.4 Å². The third kappa shape index (κ3) is 4.98. The Morgan fingerprint density at radius 1 is 1.03 bits per heavy atom. The summed E-state index contributed by atoms with van der Waals surface area (Å²) in [7, 11) is 0. The fourth-order valence-electron chi connectivity index (χ4n) is 4.21. The molecule has 0 saturated carbocycles. The van der Waals surface area contributed by atoms with Crippen LogP contribution in [0.5, 0.6) is 5.75 Å². The van der Waals surface area contributed by atoms with Gasteiger partial charge in [-0.3, -0.25) is 14.5 Å². The topological polar surface area (TPSA) is 92.6 Å². The molecule has 3 aromatic carbocycles. The molecular formula is C28H22ClN3O4S. The number of aryl methyl sites for hydroxylation is 2. The summed E-state index contributed by atoms with van der Waals surface area (Å²) < 4.78 is 5.87. The molecule has 1 fully saturated rings. The number of ketones is 1. The van der Waals surface area contributed by atoms with E-state index in [4.69, 9.17) is 16.3 Å². The Labute approximate surface area is 222 Å². The maximum Gasteiger partial charge on any atom is 0.301 e. The number of halogens is 1. The second kappa shape index (κ2) is 10.2. The highest BCUT2D eigenvalue weighted by molar-refractivity contribution is 7.15. The van der Waals surface area contributed by atoms with Crippen molar-refractivity contribution in [3.05, 3.63) is 111 Å². The zero-order valence-electron chi connectivity index (χ0n) is 20.0. The number of ether oxygens (including phenoxy) is 1. The van der Waals surface area contributed by atoms with Gasteiger partial charge in [0.05, 0.1) is 11.6 Å². The molecule has 1 aliphatic heterocycles. The van der Waals surface area contributed by atoms with Crippen molar-refractivity contribution in [1.29, 1.82) is 0 Å². The first-order chi connectivity index (χ1) is 17.8. The quantitative estimate of drug-likeness (QED) is 0.186. The van der Waals surface area contributed by atoms with E-state index in [9.17, 15) is 14.7 Å². The van der Waals surface area contributed by atoms with Crippen LogP contribution in [0.3, 0.4) is 0 Å². The standard InChI is InChI=1S/C28H22ClN3O4S/c1-16-4-3-5-18(14-16)15-36-22-12-8-20(9-13-22)25(33)23-24(19-6-10-21(29)11-7-19)32(27(35)26(23)34)28-31-30-17(2)37-28/h3-14,24,33H,15H2,1-2H3/t24-/m0/s1.